The maximum Gasteiger partial charge on any atom is 0.436 e. The SMILES string of the molecule is CCOC(=O)N=C1SCCN1c1ccccc1OC. The molecule has 0 aromatic heterocycles. The zero-order valence-corrected chi connectivity index (χ0v) is 11.8. The van der Waals surface area contributed by atoms with E-state index in [0.29, 0.717) is 11.8 Å². The smallest absolute Gasteiger partial charge is 0.436 e. The van der Waals surface area contributed by atoms with Crippen LogP contribution >= 0.6 is 11.8 Å². The summed E-state index contributed by atoms with van der Waals surface area (Å²) in [5.74, 6) is 1.65. The third-order valence-corrected chi connectivity index (χ3v) is 3.56. The predicted molar refractivity (Wildman–Crippen MR) is 77.3 cm³/mol. The molecule has 1 fully saturated rings. The van der Waals surface area contributed by atoms with Gasteiger partial charge in [-0.15, -0.1) is 0 Å². The van der Waals surface area contributed by atoms with Gasteiger partial charge in [0, 0.05) is 12.3 Å². The fourth-order valence-electron chi connectivity index (χ4n) is 1.80. The molecule has 19 heavy (non-hydrogen) atoms. The summed E-state index contributed by atoms with van der Waals surface area (Å²) >= 11 is 1.54. The molecule has 1 aliphatic rings. The first-order valence-corrected chi connectivity index (χ1v) is 7.03. The van der Waals surface area contributed by atoms with Crippen molar-refractivity contribution in [2.75, 3.05) is 30.9 Å². The van der Waals surface area contributed by atoms with Gasteiger partial charge in [-0.05, 0) is 19.1 Å². The Labute approximate surface area is 116 Å². The van der Waals surface area contributed by atoms with Gasteiger partial charge in [-0.2, -0.15) is 4.99 Å². The van der Waals surface area contributed by atoms with Crippen molar-refractivity contribution in [3.63, 3.8) is 0 Å². The van der Waals surface area contributed by atoms with Gasteiger partial charge in [0.1, 0.15) is 5.75 Å². The fourth-order valence-corrected chi connectivity index (χ4v) is 2.75. The van der Waals surface area contributed by atoms with Crippen molar-refractivity contribution in [3.05, 3.63) is 24.3 Å². The van der Waals surface area contributed by atoms with E-state index in [1.165, 1.54) is 11.8 Å². The second-order valence-corrected chi connectivity index (χ2v) is 4.83. The van der Waals surface area contributed by atoms with Crippen molar-refractivity contribution in [3.8, 4) is 5.75 Å². The quantitative estimate of drug-likeness (QED) is 0.852. The highest BCUT2D eigenvalue weighted by atomic mass is 32.2. The highest BCUT2D eigenvalue weighted by Crippen LogP contribution is 2.33. The molecule has 0 bridgehead atoms. The van der Waals surface area contributed by atoms with Gasteiger partial charge in [0.05, 0.1) is 19.4 Å². The van der Waals surface area contributed by atoms with Crippen LogP contribution in [0.5, 0.6) is 5.75 Å². The van der Waals surface area contributed by atoms with E-state index < -0.39 is 6.09 Å². The average Bonchev–Trinajstić information content (AvgIpc) is 2.86. The lowest BCUT2D eigenvalue weighted by Gasteiger charge is -2.20. The molecule has 2 rings (SSSR count). The van der Waals surface area contributed by atoms with E-state index in [2.05, 4.69) is 4.99 Å². The molecule has 0 spiro atoms. The van der Waals surface area contributed by atoms with Crippen molar-refractivity contribution in [1.82, 2.24) is 0 Å². The standard InChI is InChI=1S/C13H16N2O3S/c1-3-18-13(16)14-12-15(8-9-19-12)10-6-4-5-7-11(10)17-2/h4-7H,3,8-9H2,1-2H3. The predicted octanol–water partition coefficient (Wildman–Crippen LogP) is 2.76. The number of amides is 1. The third kappa shape index (κ3) is 3.20. The summed E-state index contributed by atoms with van der Waals surface area (Å²) in [4.78, 5) is 17.4. The number of thioether (sulfide) groups is 1. The molecular weight excluding hydrogens is 264 g/mol. The monoisotopic (exact) mass is 280 g/mol. The summed E-state index contributed by atoms with van der Waals surface area (Å²) in [6, 6.07) is 7.68. The Morgan fingerprint density at radius 2 is 2.26 bits per heavy atom. The summed E-state index contributed by atoms with van der Waals surface area (Å²) < 4.78 is 10.2. The summed E-state index contributed by atoms with van der Waals surface area (Å²) in [5.41, 5.74) is 0.915. The number of anilines is 1. The minimum absolute atomic E-state index is 0.328. The van der Waals surface area contributed by atoms with Crippen LogP contribution in [0.2, 0.25) is 0 Å². The van der Waals surface area contributed by atoms with Gasteiger partial charge >= 0.3 is 6.09 Å². The van der Waals surface area contributed by atoms with E-state index >= 15 is 0 Å². The van der Waals surface area contributed by atoms with Crippen molar-refractivity contribution in [2.24, 2.45) is 4.99 Å². The molecule has 1 aliphatic heterocycles. The Balaban J connectivity index is 2.25. The van der Waals surface area contributed by atoms with Gasteiger partial charge in [-0.1, -0.05) is 23.9 Å². The summed E-state index contributed by atoms with van der Waals surface area (Å²) in [5, 5.41) is 0.656. The maximum absolute atomic E-state index is 11.4. The van der Waals surface area contributed by atoms with Crippen LogP contribution in [0.25, 0.3) is 0 Å². The molecule has 0 unspecified atom stereocenters. The Hall–Kier alpha value is -1.69. The van der Waals surface area contributed by atoms with Crippen LogP contribution in [-0.4, -0.2) is 37.3 Å². The highest BCUT2D eigenvalue weighted by Gasteiger charge is 2.24. The maximum atomic E-state index is 11.4. The largest absolute Gasteiger partial charge is 0.495 e. The number of benzene rings is 1. The van der Waals surface area contributed by atoms with Gasteiger partial charge in [0.15, 0.2) is 5.17 Å². The molecule has 0 aliphatic carbocycles. The molecular formula is C13H16N2O3S. The molecule has 5 nitrogen and oxygen atoms in total. The number of aliphatic imine (C=N–C) groups is 1. The van der Waals surface area contributed by atoms with Crippen LogP contribution in [-0.2, 0) is 4.74 Å². The summed E-state index contributed by atoms with van der Waals surface area (Å²) in [7, 11) is 1.63. The number of methoxy groups -OCH3 is 1. The van der Waals surface area contributed by atoms with Crippen LogP contribution in [0.4, 0.5) is 10.5 Å². The fraction of sp³-hybridized carbons (Fsp3) is 0.385. The van der Waals surface area contributed by atoms with Crippen molar-refractivity contribution >= 4 is 28.7 Å². The average molecular weight is 280 g/mol. The molecule has 1 aromatic carbocycles. The number of hydrogen-bond acceptors (Lipinski definition) is 4. The van der Waals surface area contributed by atoms with Gasteiger partial charge in [0.2, 0.25) is 0 Å². The van der Waals surface area contributed by atoms with Crippen LogP contribution < -0.4 is 9.64 Å². The molecule has 0 atom stereocenters. The number of amidine groups is 1. The first-order valence-electron chi connectivity index (χ1n) is 6.05. The molecule has 0 radical (unpaired) electrons. The molecule has 6 heteroatoms. The second-order valence-electron chi connectivity index (χ2n) is 3.77. The Kier molecular flexibility index (Phi) is 4.68. The lowest BCUT2D eigenvalue weighted by atomic mass is 10.2. The third-order valence-electron chi connectivity index (χ3n) is 2.61. The van der Waals surface area contributed by atoms with E-state index in [9.17, 15) is 4.79 Å². The zero-order chi connectivity index (χ0) is 13.7. The molecule has 0 N–H and O–H groups in total. The van der Waals surface area contributed by atoms with Crippen molar-refractivity contribution in [1.29, 1.82) is 0 Å². The van der Waals surface area contributed by atoms with E-state index in [-0.39, 0.29) is 0 Å². The van der Waals surface area contributed by atoms with Gasteiger partial charge in [0.25, 0.3) is 0 Å². The molecule has 102 valence electrons. The van der Waals surface area contributed by atoms with Crippen LogP contribution in [0, 0.1) is 0 Å². The number of nitrogens with zero attached hydrogens (tertiary/aromatic N) is 2. The van der Waals surface area contributed by atoms with Crippen molar-refractivity contribution < 1.29 is 14.3 Å². The number of para-hydroxylation sites is 2. The summed E-state index contributed by atoms with van der Waals surface area (Å²) in [6.07, 6.45) is -0.549. The van der Waals surface area contributed by atoms with E-state index in [0.717, 1.165) is 23.7 Å². The zero-order valence-electron chi connectivity index (χ0n) is 11.0. The lowest BCUT2D eigenvalue weighted by Crippen LogP contribution is -2.25. The summed E-state index contributed by atoms with van der Waals surface area (Å²) in [6.45, 7) is 2.89. The topological polar surface area (TPSA) is 51.1 Å². The minimum Gasteiger partial charge on any atom is -0.495 e. The van der Waals surface area contributed by atoms with Crippen LogP contribution in [0.1, 0.15) is 6.92 Å². The Morgan fingerprint density at radius 1 is 1.47 bits per heavy atom. The number of carbonyl (C=O) groups excluding carboxylic acids is 1. The van der Waals surface area contributed by atoms with Gasteiger partial charge in [-0.25, -0.2) is 4.79 Å². The minimum atomic E-state index is -0.549. The normalized spacial score (nSPS) is 16.7. The molecule has 1 aromatic rings. The molecule has 0 saturated carbocycles. The van der Waals surface area contributed by atoms with Crippen molar-refractivity contribution in [2.45, 2.75) is 6.92 Å². The van der Waals surface area contributed by atoms with E-state index in [4.69, 9.17) is 9.47 Å². The molecule has 1 heterocycles. The second kappa shape index (κ2) is 6.47. The van der Waals surface area contributed by atoms with E-state index in [1.807, 2.05) is 29.2 Å². The Morgan fingerprint density at radius 3 is 3.00 bits per heavy atom. The number of hydrogen-bond donors (Lipinski definition) is 0. The first kappa shape index (κ1) is 13.7. The number of carbonyl (C=O) groups is 1. The molecule has 1 saturated heterocycles. The molecule has 1 amide bonds. The first-order chi connectivity index (χ1) is 9.26. The number of ether oxygens (including phenoxy) is 2. The van der Waals surface area contributed by atoms with Crippen LogP contribution in [0.3, 0.4) is 0 Å². The van der Waals surface area contributed by atoms with Crippen LogP contribution in [0.15, 0.2) is 29.3 Å². The lowest BCUT2D eigenvalue weighted by molar-refractivity contribution is 0.163. The van der Waals surface area contributed by atoms with Gasteiger partial charge < -0.3 is 14.4 Å². The van der Waals surface area contributed by atoms with E-state index in [1.54, 1.807) is 14.0 Å². The highest BCUT2D eigenvalue weighted by molar-refractivity contribution is 8.14. The number of rotatable bonds is 3. The Bertz CT molecular complexity index is 491. The van der Waals surface area contributed by atoms with Gasteiger partial charge in [-0.3, -0.25) is 0 Å².